The van der Waals surface area contributed by atoms with Gasteiger partial charge in [0.05, 0.1) is 14.1 Å². The molecule has 2 aromatic carbocycles. The number of hydrogen-bond acceptors (Lipinski definition) is 4. The molecule has 1 heterocycles. The van der Waals surface area contributed by atoms with Gasteiger partial charge in [-0.15, -0.1) is 20.4 Å². The van der Waals surface area contributed by atoms with Gasteiger partial charge < -0.3 is 17.0 Å². The predicted molar refractivity (Wildman–Crippen MR) is 91.6 cm³/mol. The largest absolute Gasteiger partial charge is 1.00 e. The van der Waals surface area contributed by atoms with E-state index in [0.717, 1.165) is 5.56 Å². The summed E-state index contributed by atoms with van der Waals surface area (Å²) in [7, 11) is 4.24. The van der Waals surface area contributed by atoms with Gasteiger partial charge >= 0.3 is 0 Å². The van der Waals surface area contributed by atoms with Crippen molar-refractivity contribution in [3.05, 3.63) is 66.0 Å². The number of para-hydroxylation sites is 1. The van der Waals surface area contributed by atoms with E-state index >= 15 is 0 Å². The van der Waals surface area contributed by atoms with Gasteiger partial charge in [0, 0.05) is 5.56 Å². The van der Waals surface area contributed by atoms with Crippen molar-refractivity contribution in [3.63, 3.8) is 0 Å². The van der Waals surface area contributed by atoms with E-state index in [9.17, 15) is 0 Å². The molecule has 6 heteroatoms. The molecule has 0 saturated heterocycles. The maximum atomic E-state index is 4.25. The minimum absolute atomic E-state index is 0. The molecule has 0 atom stereocenters. The molecule has 0 aliphatic rings. The van der Waals surface area contributed by atoms with Crippen LogP contribution in [0.1, 0.15) is 11.4 Å². The summed E-state index contributed by atoms with van der Waals surface area (Å²) >= 11 is 0. The summed E-state index contributed by atoms with van der Waals surface area (Å²) in [5.74, 6) is 1.19. The first kappa shape index (κ1) is 18.2. The molecule has 0 aliphatic heterocycles. The molecule has 0 aliphatic carbocycles. The molecular formula is C18H20BrN5. The number of halogens is 1. The number of aryl methyl sites for hydroxylation is 1. The van der Waals surface area contributed by atoms with Gasteiger partial charge in [-0.25, -0.2) is 0 Å². The SMILES string of the molecule is Cc1ccc(-c2nnc(C[N+](C)(C)c3ccccc3)nn2)cc1.[Br-]. The summed E-state index contributed by atoms with van der Waals surface area (Å²) in [5.41, 5.74) is 3.32. The predicted octanol–water partition coefficient (Wildman–Crippen LogP) is 0.0131. The van der Waals surface area contributed by atoms with Gasteiger partial charge in [-0.1, -0.05) is 48.0 Å². The van der Waals surface area contributed by atoms with E-state index in [4.69, 9.17) is 0 Å². The van der Waals surface area contributed by atoms with Crippen LogP contribution in [0.15, 0.2) is 54.6 Å². The normalized spacial score (nSPS) is 11.0. The van der Waals surface area contributed by atoms with Gasteiger partial charge in [0.2, 0.25) is 11.6 Å². The zero-order valence-corrected chi connectivity index (χ0v) is 15.6. The van der Waals surface area contributed by atoms with Gasteiger partial charge in [-0.05, 0) is 19.1 Å². The lowest BCUT2D eigenvalue weighted by Crippen LogP contribution is -3.00. The van der Waals surface area contributed by atoms with Crippen LogP contribution in [-0.4, -0.2) is 34.5 Å². The third-order valence-electron chi connectivity index (χ3n) is 3.82. The third-order valence-corrected chi connectivity index (χ3v) is 3.82. The van der Waals surface area contributed by atoms with Gasteiger partial charge in [0.15, 0.2) is 0 Å². The van der Waals surface area contributed by atoms with E-state index in [0.29, 0.717) is 22.7 Å². The maximum Gasteiger partial charge on any atom is 0.227 e. The lowest BCUT2D eigenvalue weighted by Gasteiger charge is -2.27. The second-order valence-corrected chi connectivity index (χ2v) is 6.18. The summed E-state index contributed by atoms with van der Waals surface area (Å²) < 4.78 is 0.647. The van der Waals surface area contributed by atoms with Crippen LogP contribution in [0.4, 0.5) is 5.69 Å². The standard InChI is InChI=1S/C18H20N5.BrH/c1-14-9-11-15(12-10-14)18-21-19-17(20-22-18)13-23(2,3)16-7-5-4-6-8-16;/h4-12H,13H2,1-3H3;1H/q+1;/p-1. The topological polar surface area (TPSA) is 51.6 Å². The van der Waals surface area contributed by atoms with E-state index in [1.165, 1.54) is 11.3 Å². The molecule has 0 bridgehead atoms. The molecule has 3 rings (SSSR count). The fourth-order valence-electron chi connectivity index (χ4n) is 2.41. The summed E-state index contributed by atoms with van der Waals surface area (Å²) in [6.07, 6.45) is 0. The number of hydrogen-bond donors (Lipinski definition) is 0. The Bertz CT molecular complexity index is 771. The van der Waals surface area contributed by atoms with Crippen molar-refractivity contribution in [3.8, 4) is 11.4 Å². The van der Waals surface area contributed by atoms with Gasteiger partial charge in [-0.2, -0.15) is 0 Å². The van der Waals surface area contributed by atoms with E-state index < -0.39 is 0 Å². The monoisotopic (exact) mass is 385 g/mol. The summed E-state index contributed by atoms with van der Waals surface area (Å²) in [5, 5.41) is 16.9. The van der Waals surface area contributed by atoms with Crippen molar-refractivity contribution in [2.75, 3.05) is 14.1 Å². The van der Waals surface area contributed by atoms with Gasteiger partial charge in [0.25, 0.3) is 0 Å². The number of rotatable bonds is 4. The first-order valence-corrected chi connectivity index (χ1v) is 7.56. The van der Waals surface area contributed by atoms with Crippen LogP contribution in [0.25, 0.3) is 11.4 Å². The Balaban J connectivity index is 0.00000208. The highest BCUT2D eigenvalue weighted by atomic mass is 79.9. The first-order valence-electron chi connectivity index (χ1n) is 7.56. The molecule has 5 nitrogen and oxygen atoms in total. The van der Waals surface area contributed by atoms with Crippen LogP contribution in [0.5, 0.6) is 0 Å². The highest BCUT2D eigenvalue weighted by Crippen LogP contribution is 2.20. The van der Waals surface area contributed by atoms with Crippen LogP contribution in [0, 0.1) is 6.92 Å². The maximum absolute atomic E-state index is 4.25. The molecule has 3 aromatic rings. The van der Waals surface area contributed by atoms with Crippen molar-refractivity contribution in [2.45, 2.75) is 13.5 Å². The van der Waals surface area contributed by atoms with Crippen molar-refractivity contribution in [1.29, 1.82) is 0 Å². The molecule has 1 aromatic heterocycles. The summed E-state index contributed by atoms with van der Waals surface area (Å²) in [4.78, 5) is 0. The second-order valence-electron chi connectivity index (χ2n) is 6.18. The molecular weight excluding hydrogens is 366 g/mol. The highest BCUT2D eigenvalue weighted by molar-refractivity contribution is 5.53. The Morgan fingerprint density at radius 1 is 0.792 bits per heavy atom. The minimum Gasteiger partial charge on any atom is -1.00 e. The number of quaternary nitrogens is 1. The van der Waals surface area contributed by atoms with Gasteiger partial charge in [-0.3, -0.25) is 4.48 Å². The fourth-order valence-corrected chi connectivity index (χ4v) is 2.41. The number of benzene rings is 2. The summed E-state index contributed by atoms with van der Waals surface area (Å²) in [6, 6.07) is 18.3. The molecule has 0 saturated carbocycles. The van der Waals surface area contributed by atoms with Crippen molar-refractivity contribution in [2.24, 2.45) is 0 Å². The zero-order valence-electron chi connectivity index (χ0n) is 14.0. The Kier molecular flexibility index (Phi) is 5.75. The van der Waals surface area contributed by atoms with Crippen molar-refractivity contribution < 1.29 is 17.0 Å². The Labute approximate surface area is 152 Å². The van der Waals surface area contributed by atoms with E-state index in [1.807, 2.05) is 49.4 Å². The number of aromatic nitrogens is 4. The van der Waals surface area contributed by atoms with Crippen LogP contribution in [0.2, 0.25) is 0 Å². The molecule has 0 radical (unpaired) electrons. The second kappa shape index (κ2) is 7.59. The zero-order chi connectivity index (χ0) is 16.3. The average Bonchev–Trinajstić information content (AvgIpc) is 2.57. The smallest absolute Gasteiger partial charge is 0.227 e. The number of nitrogens with zero attached hydrogens (tertiary/aromatic N) is 5. The van der Waals surface area contributed by atoms with Crippen molar-refractivity contribution in [1.82, 2.24) is 24.9 Å². The Hall–Kier alpha value is -2.18. The highest BCUT2D eigenvalue weighted by Gasteiger charge is 2.21. The quantitative estimate of drug-likeness (QED) is 0.593. The van der Waals surface area contributed by atoms with E-state index in [-0.39, 0.29) is 17.0 Å². The van der Waals surface area contributed by atoms with Crippen LogP contribution in [0.3, 0.4) is 0 Å². The molecule has 0 unspecified atom stereocenters. The van der Waals surface area contributed by atoms with Crippen LogP contribution < -0.4 is 21.5 Å². The minimum atomic E-state index is 0. The van der Waals surface area contributed by atoms with Crippen LogP contribution >= 0.6 is 0 Å². The average molecular weight is 386 g/mol. The molecule has 0 amide bonds. The van der Waals surface area contributed by atoms with Crippen molar-refractivity contribution >= 4 is 5.69 Å². The molecule has 24 heavy (non-hydrogen) atoms. The van der Waals surface area contributed by atoms with Gasteiger partial charge in [0.1, 0.15) is 12.2 Å². The Morgan fingerprint density at radius 2 is 1.38 bits per heavy atom. The lowest BCUT2D eigenvalue weighted by molar-refractivity contribution is -0.00000524. The van der Waals surface area contributed by atoms with E-state index in [2.05, 4.69) is 46.6 Å². The Morgan fingerprint density at radius 3 is 1.96 bits per heavy atom. The molecule has 0 spiro atoms. The molecule has 0 N–H and O–H groups in total. The third kappa shape index (κ3) is 4.21. The summed E-state index contributed by atoms with van der Waals surface area (Å²) in [6.45, 7) is 2.69. The van der Waals surface area contributed by atoms with E-state index in [1.54, 1.807) is 0 Å². The first-order chi connectivity index (χ1) is 11.0. The lowest BCUT2D eigenvalue weighted by atomic mass is 10.1. The van der Waals surface area contributed by atoms with Crippen LogP contribution in [-0.2, 0) is 6.54 Å². The fraction of sp³-hybridized carbons (Fsp3) is 0.222. The molecule has 0 fully saturated rings. The molecule has 124 valence electrons.